The molecule has 0 unspecified atom stereocenters. The normalized spacial score (nSPS) is 14.4. The molecule has 1 aliphatic heterocycles. The van der Waals surface area contributed by atoms with Crippen LogP contribution in [0.2, 0.25) is 5.02 Å². The van der Waals surface area contributed by atoms with E-state index < -0.39 is 0 Å². The van der Waals surface area contributed by atoms with Crippen LogP contribution in [0, 0.1) is 5.82 Å². The molecule has 1 amide bonds. The van der Waals surface area contributed by atoms with Gasteiger partial charge in [-0.25, -0.2) is 4.39 Å². The number of carbonyl (C=O) groups is 1. The number of piperazine rings is 1. The maximum atomic E-state index is 13.0. The molecule has 3 aromatic rings. The minimum absolute atomic E-state index is 0.00858. The van der Waals surface area contributed by atoms with Gasteiger partial charge in [0.1, 0.15) is 5.82 Å². The average Bonchev–Trinajstić information content (AvgIpc) is 3.19. The van der Waals surface area contributed by atoms with Crippen LogP contribution in [0.15, 0.2) is 53.1 Å². The molecule has 0 spiro atoms. The van der Waals surface area contributed by atoms with Crippen molar-refractivity contribution >= 4 is 23.2 Å². The predicted octanol–water partition coefficient (Wildman–Crippen LogP) is 3.49. The Morgan fingerprint density at radius 3 is 2.33 bits per heavy atom. The van der Waals surface area contributed by atoms with Crippen LogP contribution in [0.5, 0.6) is 0 Å². The number of aromatic nitrogens is 2. The molecule has 0 bridgehead atoms. The number of anilines is 1. The molecule has 8 heteroatoms. The van der Waals surface area contributed by atoms with Crippen molar-refractivity contribution < 1.29 is 13.7 Å². The van der Waals surface area contributed by atoms with E-state index in [1.165, 1.54) is 24.3 Å². The molecule has 1 aliphatic rings. The smallest absolute Gasteiger partial charge is 0.295 e. The van der Waals surface area contributed by atoms with Crippen molar-refractivity contribution in [2.45, 2.75) is 0 Å². The molecular formula is C19H16ClFN4O2. The van der Waals surface area contributed by atoms with Crippen molar-refractivity contribution in [2.75, 3.05) is 31.1 Å². The quantitative estimate of drug-likeness (QED) is 0.689. The number of benzene rings is 2. The Morgan fingerprint density at radius 2 is 1.67 bits per heavy atom. The summed E-state index contributed by atoms with van der Waals surface area (Å²) in [6, 6.07) is 13.3. The lowest BCUT2D eigenvalue weighted by Gasteiger charge is -2.35. The Hall–Kier alpha value is -2.93. The highest BCUT2D eigenvalue weighted by atomic mass is 35.5. The van der Waals surface area contributed by atoms with E-state index in [9.17, 15) is 9.18 Å². The van der Waals surface area contributed by atoms with Gasteiger partial charge < -0.3 is 14.3 Å². The summed E-state index contributed by atoms with van der Waals surface area (Å²) >= 11 is 5.92. The zero-order valence-corrected chi connectivity index (χ0v) is 15.1. The number of rotatable bonds is 3. The fourth-order valence-electron chi connectivity index (χ4n) is 2.98. The average molecular weight is 387 g/mol. The third-order valence-corrected chi connectivity index (χ3v) is 4.72. The van der Waals surface area contributed by atoms with Gasteiger partial charge in [0.05, 0.1) is 0 Å². The summed E-state index contributed by atoms with van der Waals surface area (Å²) < 4.78 is 18.2. The van der Waals surface area contributed by atoms with Crippen LogP contribution in [0.1, 0.15) is 10.6 Å². The van der Waals surface area contributed by atoms with E-state index >= 15 is 0 Å². The summed E-state index contributed by atoms with van der Waals surface area (Å²) in [5, 5.41) is 4.47. The zero-order chi connectivity index (χ0) is 18.8. The van der Waals surface area contributed by atoms with Crippen molar-refractivity contribution in [3.8, 4) is 11.5 Å². The van der Waals surface area contributed by atoms with E-state index in [0.29, 0.717) is 36.8 Å². The summed E-state index contributed by atoms with van der Waals surface area (Å²) in [5.74, 6) is -0.427. The first-order chi connectivity index (χ1) is 13.1. The fraction of sp³-hybridized carbons (Fsp3) is 0.211. The maximum absolute atomic E-state index is 13.0. The van der Waals surface area contributed by atoms with Crippen molar-refractivity contribution in [1.29, 1.82) is 0 Å². The van der Waals surface area contributed by atoms with Crippen molar-refractivity contribution in [2.24, 2.45) is 0 Å². The van der Waals surface area contributed by atoms with Crippen LogP contribution in [0.3, 0.4) is 0 Å². The second-order valence-electron chi connectivity index (χ2n) is 6.19. The van der Waals surface area contributed by atoms with Crippen molar-refractivity contribution in [3.05, 3.63) is 65.2 Å². The molecular weight excluding hydrogens is 371 g/mol. The molecule has 0 N–H and O–H groups in total. The van der Waals surface area contributed by atoms with E-state index in [1.807, 2.05) is 24.3 Å². The molecule has 6 nitrogen and oxygen atoms in total. The predicted molar refractivity (Wildman–Crippen MR) is 99.3 cm³/mol. The van der Waals surface area contributed by atoms with E-state index in [1.54, 1.807) is 4.90 Å². The van der Waals surface area contributed by atoms with Gasteiger partial charge in [-0.05, 0) is 48.5 Å². The monoisotopic (exact) mass is 386 g/mol. The fourth-order valence-corrected chi connectivity index (χ4v) is 3.11. The Morgan fingerprint density at radius 1 is 1.00 bits per heavy atom. The molecule has 1 fully saturated rings. The Bertz CT molecular complexity index is 935. The van der Waals surface area contributed by atoms with Gasteiger partial charge >= 0.3 is 0 Å². The minimum atomic E-state index is -0.354. The van der Waals surface area contributed by atoms with Gasteiger partial charge in [-0.15, -0.1) is 0 Å². The Balaban J connectivity index is 1.41. The lowest BCUT2D eigenvalue weighted by atomic mass is 10.2. The Kier molecular flexibility index (Phi) is 4.77. The van der Waals surface area contributed by atoms with Gasteiger partial charge in [0, 0.05) is 42.5 Å². The number of amides is 1. The first-order valence-corrected chi connectivity index (χ1v) is 8.87. The van der Waals surface area contributed by atoms with Crippen LogP contribution in [0.25, 0.3) is 11.5 Å². The van der Waals surface area contributed by atoms with Crippen LogP contribution < -0.4 is 4.90 Å². The molecule has 138 valence electrons. The first-order valence-electron chi connectivity index (χ1n) is 8.49. The van der Waals surface area contributed by atoms with E-state index in [2.05, 4.69) is 15.0 Å². The largest absolute Gasteiger partial charge is 0.368 e. The van der Waals surface area contributed by atoms with E-state index in [-0.39, 0.29) is 23.4 Å². The second kappa shape index (κ2) is 7.36. The topological polar surface area (TPSA) is 62.5 Å². The number of nitrogens with zero attached hydrogens (tertiary/aromatic N) is 4. The number of halogens is 2. The second-order valence-corrected chi connectivity index (χ2v) is 6.62. The van der Waals surface area contributed by atoms with Crippen molar-refractivity contribution in [3.63, 3.8) is 0 Å². The maximum Gasteiger partial charge on any atom is 0.295 e. The summed E-state index contributed by atoms with van der Waals surface area (Å²) in [6.45, 7) is 2.52. The van der Waals surface area contributed by atoms with Crippen molar-refractivity contribution in [1.82, 2.24) is 15.0 Å². The highest BCUT2D eigenvalue weighted by molar-refractivity contribution is 6.30. The van der Waals surface area contributed by atoms with Gasteiger partial charge in [-0.3, -0.25) is 4.79 Å². The van der Waals surface area contributed by atoms with E-state index in [4.69, 9.17) is 16.1 Å². The van der Waals surface area contributed by atoms with Crippen LogP contribution in [-0.4, -0.2) is 47.1 Å². The highest BCUT2D eigenvalue weighted by Gasteiger charge is 2.26. The molecule has 0 aliphatic carbocycles. The summed E-state index contributed by atoms with van der Waals surface area (Å²) in [4.78, 5) is 20.7. The molecule has 2 aromatic carbocycles. The molecule has 0 radical (unpaired) electrons. The third kappa shape index (κ3) is 3.78. The molecule has 1 aromatic heterocycles. The zero-order valence-electron chi connectivity index (χ0n) is 14.3. The van der Waals surface area contributed by atoms with E-state index in [0.717, 1.165) is 5.69 Å². The molecule has 0 atom stereocenters. The lowest BCUT2D eigenvalue weighted by molar-refractivity contribution is 0.0731. The number of hydrogen-bond acceptors (Lipinski definition) is 5. The van der Waals surface area contributed by atoms with Gasteiger partial charge in [-0.2, -0.15) is 4.98 Å². The third-order valence-electron chi connectivity index (χ3n) is 4.47. The van der Waals surface area contributed by atoms with Gasteiger partial charge in [0.25, 0.3) is 17.6 Å². The first kappa shape index (κ1) is 17.5. The molecule has 2 heterocycles. The molecule has 0 saturated carbocycles. The molecule has 27 heavy (non-hydrogen) atoms. The molecule has 4 rings (SSSR count). The van der Waals surface area contributed by atoms with Crippen LogP contribution in [0.4, 0.5) is 10.1 Å². The lowest BCUT2D eigenvalue weighted by Crippen LogP contribution is -2.49. The van der Waals surface area contributed by atoms with Gasteiger partial charge in [0.15, 0.2) is 0 Å². The number of carbonyl (C=O) groups excluding carboxylic acids is 1. The van der Waals surface area contributed by atoms with Gasteiger partial charge in [-0.1, -0.05) is 16.8 Å². The summed E-state index contributed by atoms with van der Waals surface area (Å²) in [5.41, 5.74) is 1.64. The Labute approximate surface area is 160 Å². The highest BCUT2D eigenvalue weighted by Crippen LogP contribution is 2.21. The summed E-state index contributed by atoms with van der Waals surface area (Å²) in [7, 11) is 0. The van der Waals surface area contributed by atoms with Crippen LogP contribution >= 0.6 is 11.6 Å². The standard InChI is InChI=1S/C19H16ClFN4O2/c20-14-3-7-16(8-4-14)24-9-11-25(12-10-24)19(26)17-22-18(27-23-17)13-1-5-15(21)6-2-13/h1-8H,9-12H2. The number of hydrogen-bond donors (Lipinski definition) is 0. The minimum Gasteiger partial charge on any atom is -0.368 e. The molecule has 1 saturated heterocycles. The van der Waals surface area contributed by atoms with Crippen LogP contribution in [-0.2, 0) is 0 Å². The summed E-state index contributed by atoms with van der Waals surface area (Å²) in [6.07, 6.45) is 0. The SMILES string of the molecule is O=C(c1noc(-c2ccc(F)cc2)n1)N1CCN(c2ccc(Cl)cc2)CC1. The van der Waals surface area contributed by atoms with Gasteiger partial charge in [0.2, 0.25) is 0 Å².